The first-order valence-corrected chi connectivity index (χ1v) is 9.44. The van der Waals surface area contributed by atoms with Crippen LogP contribution in [0.25, 0.3) is 16.8 Å². The SMILES string of the molecule is O=C1S/C(=C\c2cc([N+](=O)[O-])ccc2O)C(=O)N1Cc1ccc2ccccc2c1. The number of aromatic hydroxyl groups is 1. The summed E-state index contributed by atoms with van der Waals surface area (Å²) in [7, 11) is 0. The zero-order valence-electron chi connectivity index (χ0n) is 14.9. The molecule has 0 spiro atoms. The van der Waals surface area contributed by atoms with E-state index in [1.807, 2.05) is 42.5 Å². The molecule has 0 aromatic heterocycles. The zero-order chi connectivity index (χ0) is 20.5. The van der Waals surface area contributed by atoms with Crippen LogP contribution in [0.2, 0.25) is 0 Å². The van der Waals surface area contributed by atoms with Crippen molar-refractivity contribution in [3.8, 4) is 5.75 Å². The van der Waals surface area contributed by atoms with Gasteiger partial charge >= 0.3 is 0 Å². The number of nitro benzene ring substituents is 1. The first-order chi connectivity index (χ1) is 13.9. The van der Waals surface area contributed by atoms with Gasteiger partial charge in [0.25, 0.3) is 16.8 Å². The maximum atomic E-state index is 12.7. The molecular formula is C21H14N2O5S. The maximum Gasteiger partial charge on any atom is 0.293 e. The number of fused-ring (bicyclic) bond motifs is 1. The Kier molecular flexibility index (Phi) is 4.77. The summed E-state index contributed by atoms with van der Waals surface area (Å²) in [5, 5.41) is 22.5. The minimum Gasteiger partial charge on any atom is -0.507 e. The summed E-state index contributed by atoms with van der Waals surface area (Å²) in [5.41, 5.74) is 0.699. The molecule has 1 heterocycles. The van der Waals surface area contributed by atoms with E-state index in [0.29, 0.717) is 0 Å². The van der Waals surface area contributed by atoms with Crippen LogP contribution in [0.3, 0.4) is 0 Å². The van der Waals surface area contributed by atoms with Gasteiger partial charge in [-0.25, -0.2) is 0 Å². The number of nitro groups is 1. The Balaban J connectivity index is 1.61. The van der Waals surface area contributed by atoms with Gasteiger partial charge < -0.3 is 5.11 Å². The fourth-order valence-corrected chi connectivity index (χ4v) is 3.90. The van der Waals surface area contributed by atoms with Crippen LogP contribution in [0.5, 0.6) is 5.75 Å². The molecule has 1 N–H and O–H groups in total. The van der Waals surface area contributed by atoms with Crippen LogP contribution in [-0.4, -0.2) is 26.1 Å². The quantitative estimate of drug-likeness (QED) is 0.383. The van der Waals surface area contributed by atoms with Gasteiger partial charge in [-0.3, -0.25) is 24.6 Å². The molecule has 4 rings (SSSR count). The monoisotopic (exact) mass is 406 g/mol. The van der Waals surface area contributed by atoms with Gasteiger partial charge in [0.2, 0.25) is 0 Å². The molecule has 0 bridgehead atoms. The second-order valence-corrected chi connectivity index (χ2v) is 7.44. The lowest BCUT2D eigenvalue weighted by Crippen LogP contribution is -2.27. The largest absolute Gasteiger partial charge is 0.507 e. The second kappa shape index (κ2) is 7.40. The highest BCUT2D eigenvalue weighted by Crippen LogP contribution is 2.35. The molecule has 0 saturated carbocycles. The number of rotatable bonds is 4. The summed E-state index contributed by atoms with van der Waals surface area (Å²) in [6, 6.07) is 17.0. The highest BCUT2D eigenvalue weighted by molar-refractivity contribution is 8.18. The standard InChI is InChI=1S/C21H14N2O5S/c24-18-8-7-17(23(27)28)10-16(18)11-19-20(25)22(21(26)29-19)12-13-5-6-14-3-1-2-4-15(14)9-13/h1-11,24H,12H2/b19-11-. The Morgan fingerprint density at radius 1 is 1.03 bits per heavy atom. The third kappa shape index (κ3) is 3.70. The number of nitrogens with zero attached hydrogens (tertiary/aromatic N) is 2. The van der Waals surface area contributed by atoms with Crippen molar-refractivity contribution in [2.45, 2.75) is 6.54 Å². The van der Waals surface area contributed by atoms with Crippen LogP contribution in [0.4, 0.5) is 10.5 Å². The van der Waals surface area contributed by atoms with Gasteiger partial charge in [0.1, 0.15) is 5.75 Å². The van der Waals surface area contributed by atoms with Gasteiger partial charge in [-0.05, 0) is 46.3 Å². The maximum absolute atomic E-state index is 12.7. The highest BCUT2D eigenvalue weighted by Gasteiger charge is 2.35. The van der Waals surface area contributed by atoms with Crippen LogP contribution in [0, 0.1) is 10.1 Å². The van der Waals surface area contributed by atoms with Gasteiger partial charge in [0.15, 0.2) is 0 Å². The lowest BCUT2D eigenvalue weighted by atomic mass is 10.1. The van der Waals surface area contributed by atoms with Crippen molar-refractivity contribution >= 4 is 45.4 Å². The lowest BCUT2D eigenvalue weighted by molar-refractivity contribution is -0.384. The van der Waals surface area contributed by atoms with Crippen molar-refractivity contribution in [2.75, 3.05) is 0 Å². The molecule has 1 saturated heterocycles. The Hall–Kier alpha value is -3.65. The minimum atomic E-state index is -0.595. The van der Waals surface area contributed by atoms with Crippen molar-refractivity contribution < 1.29 is 19.6 Å². The molecular weight excluding hydrogens is 392 g/mol. The second-order valence-electron chi connectivity index (χ2n) is 6.45. The van der Waals surface area contributed by atoms with E-state index in [0.717, 1.165) is 45.1 Å². The van der Waals surface area contributed by atoms with Crippen molar-refractivity contribution in [1.82, 2.24) is 4.90 Å². The lowest BCUT2D eigenvalue weighted by Gasteiger charge is -2.13. The van der Waals surface area contributed by atoms with Crippen molar-refractivity contribution in [1.29, 1.82) is 0 Å². The average Bonchev–Trinajstić information content (AvgIpc) is 2.96. The number of hydrogen-bond donors (Lipinski definition) is 1. The van der Waals surface area contributed by atoms with E-state index in [1.165, 1.54) is 12.1 Å². The number of imide groups is 1. The summed E-state index contributed by atoms with van der Waals surface area (Å²) < 4.78 is 0. The normalized spacial score (nSPS) is 15.4. The predicted octanol–water partition coefficient (Wildman–Crippen LogP) is 4.69. The molecule has 7 nitrogen and oxygen atoms in total. The molecule has 3 aromatic rings. The summed E-state index contributed by atoms with van der Waals surface area (Å²) in [4.78, 5) is 36.7. The van der Waals surface area contributed by atoms with Gasteiger partial charge in [0.05, 0.1) is 16.4 Å². The van der Waals surface area contributed by atoms with E-state index in [2.05, 4.69) is 0 Å². The van der Waals surface area contributed by atoms with Crippen molar-refractivity contribution in [3.05, 3.63) is 86.8 Å². The van der Waals surface area contributed by atoms with Gasteiger partial charge in [-0.1, -0.05) is 36.4 Å². The van der Waals surface area contributed by atoms with Crippen LogP contribution >= 0.6 is 11.8 Å². The number of thioether (sulfide) groups is 1. The Morgan fingerprint density at radius 2 is 1.79 bits per heavy atom. The van der Waals surface area contributed by atoms with Gasteiger partial charge in [-0.2, -0.15) is 0 Å². The first kappa shape index (κ1) is 18.7. The number of carbonyl (C=O) groups excluding carboxylic acids is 2. The predicted molar refractivity (Wildman–Crippen MR) is 110 cm³/mol. The number of non-ortho nitro benzene ring substituents is 1. The molecule has 0 radical (unpaired) electrons. The Bertz CT molecular complexity index is 1200. The Morgan fingerprint density at radius 3 is 2.55 bits per heavy atom. The van der Waals surface area contributed by atoms with Crippen LogP contribution < -0.4 is 0 Å². The summed E-state index contributed by atoms with van der Waals surface area (Å²) in [5.74, 6) is -0.712. The molecule has 8 heteroatoms. The number of carbonyl (C=O) groups is 2. The smallest absolute Gasteiger partial charge is 0.293 e. The number of hydrogen-bond acceptors (Lipinski definition) is 6. The van der Waals surface area contributed by atoms with E-state index < -0.39 is 16.1 Å². The molecule has 1 aliphatic rings. The molecule has 144 valence electrons. The fraction of sp³-hybridized carbons (Fsp3) is 0.0476. The third-order valence-electron chi connectivity index (χ3n) is 4.54. The van der Waals surface area contributed by atoms with Gasteiger partial charge in [0, 0.05) is 17.7 Å². The highest BCUT2D eigenvalue weighted by atomic mass is 32.2. The molecule has 29 heavy (non-hydrogen) atoms. The molecule has 2 amide bonds. The topological polar surface area (TPSA) is 101 Å². The number of phenols is 1. The average molecular weight is 406 g/mol. The molecule has 1 aliphatic heterocycles. The van der Waals surface area contributed by atoms with Gasteiger partial charge in [-0.15, -0.1) is 0 Å². The summed E-state index contributed by atoms with van der Waals surface area (Å²) in [6.45, 7) is 0.119. The van der Waals surface area contributed by atoms with E-state index >= 15 is 0 Å². The van der Waals surface area contributed by atoms with E-state index in [-0.39, 0.29) is 28.5 Å². The van der Waals surface area contributed by atoms with E-state index in [9.17, 15) is 24.8 Å². The van der Waals surface area contributed by atoms with E-state index in [4.69, 9.17) is 0 Å². The molecule has 3 aromatic carbocycles. The molecule has 0 aliphatic carbocycles. The Labute approximate surface area is 169 Å². The first-order valence-electron chi connectivity index (χ1n) is 8.63. The van der Waals surface area contributed by atoms with Crippen LogP contribution in [0.15, 0.2) is 65.6 Å². The zero-order valence-corrected chi connectivity index (χ0v) is 15.8. The number of benzene rings is 3. The molecule has 0 unspecified atom stereocenters. The van der Waals surface area contributed by atoms with Crippen molar-refractivity contribution in [3.63, 3.8) is 0 Å². The molecule has 0 atom stereocenters. The third-order valence-corrected chi connectivity index (χ3v) is 5.44. The summed E-state index contributed by atoms with van der Waals surface area (Å²) in [6.07, 6.45) is 1.30. The number of phenolic OH excluding ortho intramolecular Hbond substituents is 1. The number of amides is 2. The summed E-state index contributed by atoms with van der Waals surface area (Å²) >= 11 is 0.740. The van der Waals surface area contributed by atoms with Crippen LogP contribution in [-0.2, 0) is 11.3 Å². The minimum absolute atomic E-state index is 0.103. The van der Waals surface area contributed by atoms with Crippen LogP contribution in [0.1, 0.15) is 11.1 Å². The van der Waals surface area contributed by atoms with E-state index in [1.54, 1.807) is 0 Å². The molecule has 1 fully saturated rings. The van der Waals surface area contributed by atoms with Crippen molar-refractivity contribution in [2.24, 2.45) is 0 Å². The fourth-order valence-electron chi connectivity index (χ4n) is 3.07.